The van der Waals surface area contributed by atoms with E-state index >= 15 is 0 Å². The van der Waals surface area contributed by atoms with E-state index in [0.29, 0.717) is 12.8 Å². The van der Waals surface area contributed by atoms with Crippen LogP contribution in [-0.2, 0) is 11.2 Å². The minimum atomic E-state index is -0.188. The number of rotatable bonds is 7. The second-order valence-electron chi connectivity index (χ2n) is 6.04. The number of amides is 1. The molecule has 0 aliphatic heterocycles. The minimum Gasteiger partial charge on any atom is -0.497 e. The number of carbonyl (C=O) groups is 1. The second-order valence-corrected chi connectivity index (χ2v) is 6.04. The third kappa shape index (κ3) is 4.70. The highest BCUT2D eigenvalue weighted by molar-refractivity contribution is 5.77. The molecule has 0 radical (unpaired) electrons. The molecule has 1 aromatic heterocycles. The van der Waals surface area contributed by atoms with Crippen molar-refractivity contribution in [2.45, 2.75) is 18.9 Å². The summed E-state index contributed by atoms with van der Waals surface area (Å²) in [6, 6.07) is 21.5. The van der Waals surface area contributed by atoms with E-state index in [2.05, 4.69) is 10.3 Å². The Kier molecular flexibility index (Phi) is 5.99. The third-order valence-electron chi connectivity index (χ3n) is 4.28. The number of nitrogens with one attached hydrogen (secondary N) is 1. The maximum Gasteiger partial charge on any atom is 0.221 e. The number of hydrogen-bond donors (Lipinski definition) is 1. The van der Waals surface area contributed by atoms with Gasteiger partial charge in [-0.15, -0.1) is 0 Å². The van der Waals surface area contributed by atoms with E-state index in [1.54, 1.807) is 19.5 Å². The molecule has 2 aromatic carbocycles. The summed E-state index contributed by atoms with van der Waals surface area (Å²) in [5.41, 5.74) is 3.18. The summed E-state index contributed by atoms with van der Waals surface area (Å²) in [6.07, 6.45) is 4.62. The maximum atomic E-state index is 12.5. The monoisotopic (exact) mass is 346 g/mol. The van der Waals surface area contributed by atoms with Gasteiger partial charge in [0.15, 0.2) is 0 Å². The summed E-state index contributed by atoms with van der Waals surface area (Å²) in [6.45, 7) is 0. The molecule has 132 valence electrons. The van der Waals surface area contributed by atoms with Crippen molar-refractivity contribution in [2.75, 3.05) is 7.11 Å². The van der Waals surface area contributed by atoms with Crippen LogP contribution < -0.4 is 10.1 Å². The van der Waals surface area contributed by atoms with Crippen molar-refractivity contribution in [2.24, 2.45) is 0 Å². The van der Waals surface area contributed by atoms with Crippen LogP contribution >= 0.6 is 0 Å². The van der Waals surface area contributed by atoms with E-state index in [0.717, 1.165) is 22.4 Å². The second kappa shape index (κ2) is 8.81. The van der Waals surface area contributed by atoms with Crippen molar-refractivity contribution in [1.82, 2.24) is 10.3 Å². The van der Waals surface area contributed by atoms with Crippen molar-refractivity contribution < 1.29 is 9.53 Å². The number of ether oxygens (including phenoxy) is 1. The molecule has 3 rings (SSSR count). The number of aryl methyl sites for hydroxylation is 1. The van der Waals surface area contributed by atoms with Crippen LogP contribution in [0.5, 0.6) is 5.75 Å². The number of benzene rings is 2. The topological polar surface area (TPSA) is 51.2 Å². The molecule has 3 aromatic rings. The van der Waals surface area contributed by atoms with Crippen LogP contribution in [-0.4, -0.2) is 18.0 Å². The van der Waals surface area contributed by atoms with Gasteiger partial charge in [0.25, 0.3) is 0 Å². The highest BCUT2D eigenvalue weighted by Gasteiger charge is 2.16. The van der Waals surface area contributed by atoms with Gasteiger partial charge in [0, 0.05) is 18.8 Å². The van der Waals surface area contributed by atoms with Crippen LogP contribution in [0.4, 0.5) is 0 Å². The van der Waals surface area contributed by atoms with E-state index in [1.165, 1.54) is 0 Å². The lowest BCUT2D eigenvalue weighted by atomic mass is 9.98. The Morgan fingerprint density at radius 2 is 1.62 bits per heavy atom. The van der Waals surface area contributed by atoms with Gasteiger partial charge in [-0.25, -0.2) is 0 Å². The Labute approximate surface area is 153 Å². The van der Waals surface area contributed by atoms with Crippen molar-refractivity contribution in [3.05, 3.63) is 95.8 Å². The van der Waals surface area contributed by atoms with Crippen LogP contribution in [0.3, 0.4) is 0 Å². The predicted octanol–water partition coefficient (Wildman–Crippen LogP) is 3.93. The minimum absolute atomic E-state index is 0.0199. The van der Waals surface area contributed by atoms with Gasteiger partial charge in [0.05, 0.1) is 13.2 Å². The van der Waals surface area contributed by atoms with Crippen molar-refractivity contribution in [3.63, 3.8) is 0 Å². The fourth-order valence-electron chi connectivity index (χ4n) is 2.84. The molecular weight excluding hydrogens is 324 g/mol. The third-order valence-corrected chi connectivity index (χ3v) is 4.28. The summed E-state index contributed by atoms with van der Waals surface area (Å²) in [4.78, 5) is 16.5. The van der Waals surface area contributed by atoms with E-state index in [9.17, 15) is 4.79 Å². The molecule has 1 heterocycles. The first-order valence-electron chi connectivity index (χ1n) is 8.63. The average molecular weight is 346 g/mol. The van der Waals surface area contributed by atoms with Crippen LogP contribution in [0.25, 0.3) is 0 Å². The summed E-state index contributed by atoms with van der Waals surface area (Å²) >= 11 is 0. The van der Waals surface area contributed by atoms with Gasteiger partial charge in [-0.1, -0.05) is 42.5 Å². The number of pyridine rings is 1. The molecule has 1 atom stereocenters. The van der Waals surface area contributed by atoms with Gasteiger partial charge in [-0.2, -0.15) is 0 Å². The number of carbonyl (C=O) groups excluding carboxylic acids is 1. The lowest BCUT2D eigenvalue weighted by molar-refractivity contribution is -0.121. The van der Waals surface area contributed by atoms with Gasteiger partial charge in [0.1, 0.15) is 5.75 Å². The van der Waals surface area contributed by atoms with Crippen molar-refractivity contribution >= 4 is 5.91 Å². The zero-order chi connectivity index (χ0) is 18.2. The quantitative estimate of drug-likeness (QED) is 0.705. The normalized spacial score (nSPS) is 11.6. The van der Waals surface area contributed by atoms with Crippen LogP contribution in [0.1, 0.15) is 29.2 Å². The summed E-state index contributed by atoms with van der Waals surface area (Å²) < 4.78 is 5.23. The van der Waals surface area contributed by atoms with Gasteiger partial charge in [-0.05, 0) is 47.4 Å². The largest absolute Gasteiger partial charge is 0.497 e. The molecule has 4 nitrogen and oxygen atoms in total. The molecule has 1 N–H and O–H groups in total. The molecule has 0 aliphatic carbocycles. The molecule has 0 bridgehead atoms. The lowest BCUT2D eigenvalue weighted by Crippen LogP contribution is -2.29. The number of aromatic nitrogens is 1. The fraction of sp³-hybridized carbons (Fsp3) is 0.182. The van der Waals surface area contributed by atoms with Gasteiger partial charge < -0.3 is 10.1 Å². The Bertz CT molecular complexity index is 818. The number of hydrogen-bond acceptors (Lipinski definition) is 3. The van der Waals surface area contributed by atoms with Crippen LogP contribution in [0.2, 0.25) is 0 Å². The molecular formula is C22H22N2O2. The molecule has 0 spiro atoms. The summed E-state index contributed by atoms with van der Waals surface area (Å²) in [7, 11) is 1.64. The van der Waals surface area contributed by atoms with E-state index in [-0.39, 0.29) is 11.9 Å². The maximum absolute atomic E-state index is 12.5. The summed E-state index contributed by atoms with van der Waals surface area (Å²) in [5, 5.41) is 3.16. The fourth-order valence-corrected chi connectivity index (χ4v) is 2.84. The first-order chi connectivity index (χ1) is 12.8. The molecule has 4 heteroatoms. The highest BCUT2D eigenvalue weighted by Crippen LogP contribution is 2.24. The van der Waals surface area contributed by atoms with E-state index in [1.807, 2.05) is 66.7 Å². The highest BCUT2D eigenvalue weighted by atomic mass is 16.5. The van der Waals surface area contributed by atoms with Crippen LogP contribution in [0.15, 0.2) is 79.1 Å². The van der Waals surface area contributed by atoms with E-state index < -0.39 is 0 Å². The number of nitrogens with zero attached hydrogens (tertiary/aromatic N) is 1. The van der Waals surface area contributed by atoms with Crippen LogP contribution in [0, 0.1) is 0 Å². The SMILES string of the molecule is COc1ccc([C@H](NC(=O)CCc2ccncc2)c2ccccc2)cc1. The molecule has 0 aliphatic rings. The zero-order valence-corrected chi connectivity index (χ0v) is 14.8. The summed E-state index contributed by atoms with van der Waals surface area (Å²) in [5.74, 6) is 0.816. The van der Waals surface area contributed by atoms with Crippen molar-refractivity contribution in [3.8, 4) is 5.75 Å². The predicted molar refractivity (Wildman–Crippen MR) is 102 cm³/mol. The Morgan fingerprint density at radius 1 is 0.962 bits per heavy atom. The molecule has 0 unspecified atom stereocenters. The molecule has 0 fully saturated rings. The number of methoxy groups -OCH3 is 1. The Morgan fingerprint density at radius 3 is 2.27 bits per heavy atom. The van der Waals surface area contributed by atoms with Gasteiger partial charge >= 0.3 is 0 Å². The molecule has 0 saturated carbocycles. The average Bonchev–Trinajstić information content (AvgIpc) is 2.72. The zero-order valence-electron chi connectivity index (χ0n) is 14.8. The molecule has 0 saturated heterocycles. The lowest BCUT2D eigenvalue weighted by Gasteiger charge is -2.20. The standard InChI is InChI=1S/C22H22N2O2/c1-26-20-10-8-19(9-11-20)22(18-5-3-2-4-6-18)24-21(25)12-7-17-13-15-23-16-14-17/h2-6,8-11,13-16,22H,7,12H2,1H3,(H,24,25)/t22-/m1/s1. The van der Waals surface area contributed by atoms with E-state index in [4.69, 9.17) is 4.74 Å². The van der Waals surface area contributed by atoms with Crippen molar-refractivity contribution in [1.29, 1.82) is 0 Å². The first-order valence-corrected chi connectivity index (χ1v) is 8.63. The first kappa shape index (κ1) is 17.7. The Balaban J connectivity index is 1.74. The smallest absolute Gasteiger partial charge is 0.221 e. The molecule has 26 heavy (non-hydrogen) atoms. The van der Waals surface area contributed by atoms with Gasteiger partial charge in [0.2, 0.25) is 5.91 Å². The molecule has 1 amide bonds. The van der Waals surface area contributed by atoms with Gasteiger partial charge in [-0.3, -0.25) is 9.78 Å². The Hall–Kier alpha value is -3.14.